The molecule has 3 aromatic carbocycles. The van der Waals surface area contributed by atoms with Crippen LogP contribution < -0.4 is 5.32 Å². The van der Waals surface area contributed by atoms with E-state index in [0.717, 1.165) is 22.0 Å². The highest BCUT2D eigenvalue weighted by atomic mass is 32.1. The molecule has 6 nitrogen and oxygen atoms in total. The molecule has 164 valence electrons. The first kappa shape index (κ1) is 21.0. The van der Waals surface area contributed by atoms with Crippen molar-refractivity contribution >= 4 is 45.0 Å². The Bertz CT molecular complexity index is 1420. The highest BCUT2D eigenvalue weighted by Crippen LogP contribution is 2.29. The quantitative estimate of drug-likeness (QED) is 0.405. The van der Waals surface area contributed by atoms with Crippen molar-refractivity contribution < 1.29 is 14.4 Å². The van der Waals surface area contributed by atoms with Gasteiger partial charge in [-0.15, -0.1) is 11.3 Å². The maximum absolute atomic E-state index is 12.8. The van der Waals surface area contributed by atoms with Gasteiger partial charge >= 0.3 is 0 Å². The van der Waals surface area contributed by atoms with Crippen LogP contribution >= 0.6 is 11.3 Å². The van der Waals surface area contributed by atoms with Crippen molar-refractivity contribution in [1.82, 2.24) is 9.88 Å². The van der Waals surface area contributed by atoms with Crippen molar-refractivity contribution in [3.8, 4) is 11.3 Å². The number of aromatic nitrogens is 1. The zero-order valence-corrected chi connectivity index (χ0v) is 19.0. The second-order valence-electron chi connectivity index (χ2n) is 8.43. The molecule has 0 aliphatic carbocycles. The van der Waals surface area contributed by atoms with Crippen LogP contribution in [-0.2, 0) is 0 Å². The summed E-state index contributed by atoms with van der Waals surface area (Å²) >= 11 is 1.33. The van der Waals surface area contributed by atoms with Crippen LogP contribution in [0.1, 0.15) is 44.9 Å². The van der Waals surface area contributed by atoms with Crippen LogP contribution in [0.25, 0.3) is 22.0 Å². The van der Waals surface area contributed by atoms with Gasteiger partial charge in [-0.1, -0.05) is 50.2 Å². The normalized spacial score (nSPS) is 13.1. The predicted octanol–water partition coefficient (Wildman–Crippen LogP) is 5.47. The summed E-state index contributed by atoms with van der Waals surface area (Å²) in [7, 11) is 0. The Morgan fingerprint density at radius 3 is 2.52 bits per heavy atom. The number of hydrogen-bond donors (Lipinski definition) is 1. The molecule has 33 heavy (non-hydrogen) atoms. The highest BCUT2D eigenvalue weighted by molar-refractivity contribution is 7.14. The summed E-state index contributed by atoms with van der Waals surface area (Å²) in [5, 5.41) is 7.44. The van der Waals surface area contributed by atoms with E-state index in [2.05, 4.69) is 28.5 Å². The number of carbonyl (C=O) groups is 3. The summed E-state index contributed by atoms with van der Waals surface area (Å²) < 4.78 is 0. The molecule has 0 unspecified atom stereocenters. The third kappa shape index (κ3) is 3.91. The molecule has 5 rings (SSSR count). The van der Waals surface area contributed by atoms with E-state index >= 15 is 0 Å². The summed E-state index contributed by atoms with van der Waals surface area (Å²) in [6.45, 7) is 4.25. The standard InChI is InChI=1S/C26H21N3O3S/c1-15(2)13-29-24(31)20-10-9-19(12-21(20)25(29)32)23(30)28-26-27-22(14-33-26)18-8-7-16-5-3-4-6-17(16)11-18/h3-12,14-15H,13H2,1-2H3,(H,27,28,30). The fourth-order valence-electron chi connectivity index (χ4n) is 3.94. The van der Waals surface area contributed by atoms with E-state index in [1.165, 1.54) is 22.3 Å². The van der Waals surface area contributed by atoms with Crippen molar-refractivity contribution in [1.29, 1.82) is 0 Å². The minimum atomic E-state index is -0.375. The number of anilines is 1. The van der Waals surface area contributed by atoms with E-state index in [0.29, 0.717) is 22.8 Å². The number of nitrogens with one attached hydrogen (secondary N) is 1. The summed E-state index contributed by atoms with van der Waals surface area (Å²) in [6.07, 6.45) is 0. The number of carbonyl (C=O) groups excluding carboxylic acids is 3. The van der Waals surface area contributed by atoms with Crippen molar-refractivity contribution in [2.45, 2.75) is 13.8 Å². The van der Waals surface area contributed by atoms with Gasteiger partial charge in [-0.05, 0) is 41.0 Å². The van der Waals surface area contributed by atoms with Crippen molar-refractivity contribution in [2.24, 2.45) is 5.92 Å². The van der Waals surface area contributed by atoms with Crippen LogP contribution in [0.3, 0.4) is 0 Å². The lowest BCUT2D eigenvalue weighted by atomic mass is 10.1. The summed E-state index contributed by atoms with van der Waals surface area (Å²) in [5.41, 5.74) is 2.66. The SMILES string of the molecule is CC(C)CN1C(=O)c2ccc(C(=O)Nc3nc(-c4ccc5ccccc5c4)cs3)cc2C1=O. The Kier molecular flexibility index (Phi) is 5.26. The Labute approximate surface area is 194 Å². The van der Waals surface area contributed by atoms with E-state index < -0.39 is 0 Å². The van der Waals surface area contributed by atoms with Gasteiger partial charge in [0.05, 0.1) is 16.8 Å². The van der Waals surface area contributed by atoms with Gasteiger partial charge in [-0.2, -0.15) is 0 Å². The lowest BCUT2D eigenvalue weighted by molar-refractivity contribution is 0.0636. The molecule has 0 radical (unpaired) electrons. The van der Waals surface area contributed by atoms with E-state index in [4.69, 9.17) is 0 Å². The molecule has 4 aromatic rings. The Morgan fingerprint density at radius 1 is 0.970 bits per heavy atom. The Balaban J connectivity index is 1.35. The zero-order chi connectivity index (χ0) is 23.1. The van der Waals surface area contributed by atoms with Gasteiger partial charge in [0.2, 0.25) is 0 Å². The van der Waals surface area contributed by atoms with Crippen LogP contribution in [-0.4, -0.2) is 34.2 Å². The molecule has 0 atom stereocenters. The van der Waals surface area contributed by atoms with Gasteiger partial charge in [-0.25, -0.2) is 4.98 Å². The number of benzene rings is 3. The smallest absolute Gasteiger partial charge is 0.261 e. The molecule has 1 aromatic heterocycles. The van der Waals surface area contributed by atoms with Gasteiger partial charge in [-0.3, -0.25) is 24.6 Å². The summed E-state index contributed by atoms with van der Waals surface area (Å²) in [6, 6.07) is 18.8. The first-order chi connectivity index (χ1) is 15.9. The molecule has 0 bridgehead atoms. The van der Waals surface area contributed by atoms with Crippen LogP contribution in [0.2, 0.25) is 0 Å². The number of fused-ring (bicyclic) bond motifs is 2. The van der Waals surface area contributed by atoms with Crippen molar-refractivity contribution in [3.05, 3.63) is 82.7 Å². The number of imide groups is 1. The molecular weight excluding hydrogens is 434 g/mol. The van der Waals surface area contributed by atoms with Gasteiger partial charge in [0.1, 0.15) is 0 Å². The zero-order valence-electron chi connectivity index (χ0n) is 18.2. The summed E-state index contributed by atoms with van der Waals surface area (Å²) in [4.78, 5) is 43.8. The molecule has 1 N–H and O–H groups in total. The number of hydrogen-bond acceptors (Lipinski definition) is 5. The van der Waals surface area contributed by atoms with E-state index in [9.17, 15) is 14.4 Å². The largest absolute Gasteiger partial charge is 0.298 e. The fraction of sp³-hybridized carbons (Fsp3) is 0.154. The Hall–Kier alpha value is -3.84. The van der Waals surface area contributed by atoms with Crippen LogP contribution in [0.5, 0.6) is 0 Å². The molecular formula is C26H21N3O3S. The second kappa shape index (κ2) is 8.26. The number of rotatable bonds is 5. The minimum absolute atomic E-state index is 0.164. The van der Waals surface area contributed by atoms with Crippen LogP contribution in [0.4, 0.5) is 5.13 Å². The molecule has 0 fully saturated rings. The number of nitrogens with zero attached hydrogens (tertiary/aromatic N) is 2. The van der Waals surface area contributed by atoms with Crippen LogP contribution in [0.15, 0.2) is 66.0 Å². The minimum Gasteiger partial charge on any atom is -0.298 e. The fourth-order valence-corrected chi connectivity index (χ4v) is 4.66. The molecule has 3 amide bonds. The average Bonchev–Trinajstić information content (AvgIpc) is 3.37. The maximum atomic E-state index is 12.8. The highest BCUT2D eigenvalue weighted by Gasteiger charge is 2.36. The van der Waals surface area contributed by atoms with E-state index in [1.807, 2.05) is 43.5 Å². The maximum Gasteiger partial charge on any atom is 0.261 e. The molecule has 0 saturated carbocycles. The average molecular weight is 456 g/mol. The Morgan fingerprint density at radius 2 is 1.73 bits per heavy atom. The van der Waals surface area contributed by atoms with E-state index in [1.54, 1.807) is 12.1 Å². The van der Waals surface area contributed by atoms with Crippen LogP contribution in [0, 0.1) is 5.92 Å². The first-order valence-electron chi connectivity index (χ1n) is 10.7. The lowest BCUT2D eigenvalue weighted by Gasteiger charge is -2.15. The number of thiazole rings is 1. The van der Waals surface area contributed by atoms with Gasteiger partial charge in [0.15, 0.2) is 5.13 Å². The van der Waals surface area contributed by atoms with Gasteiger partial charge in [0.25, 0.3) is 17.7 Å². The van der Waals surface area contributed by atoms with Gasteiger partial charge in [0, 0.05) is 23.1 Å². The van der Waals surface area contributed by atoms with E-state index in [-0.39, 0.29) is 29.2 Å². The molecule has 0 spiro atoms. The molecule has 7 heteroatoms. The third-order valence-corrected chi connectivity index (χ3v) is 6.31. The molecule has 1 aliphatic heterocycles. The lowest BCUT2D eigenvalue weighted by Crippen LogP contribution is -2.33. The van der Waals surface area contributed by atoms with Gasteiger partial charge < -0.3 is 0 Å². The van der Waals surface area contributed by atoms with Crippen molar-refractivity contribution in [2.75, 3.05) is 11.9 Å². The topological polar surface area (TPSA) is 79.4 Å². The molecule has 1 aliphatic rings. The summed E-state index contributed by atoms with van der Waals surface area (Å²) in [5.74, 6) is -0.877. The molecule has 0 saturated heterocycles. The number of amides is 3. The molecule has 2 heterocycles. The van der Waals surface area contributed by atoms with Crippen molar-refractivity contribution in [3.63, 3.8) is 0 Å². The third-order valence-electron chi connectivity index (χ3n) is 5.55. The predicted molar refractivity (Wildman–Crippen MR) is 130 cm³/mol. The monoisotopic (exact) mass is 455 g/mol. The first-order valence-corrected chi connectivity index (χ1v) is 11.5. The second-order valence-corrected chi connectivity index (χ2v) is 9.29.